The van der Waals surface area contributed by atoms with Gasteiger partial charge in [0.2, 0.25) is 0 Å². The molecular formula is C11H18N2O2S2. The fourth-order valence-electron chi connectivity index (χ4n) is 2.80. The average molecular weight is 274 g/mol. The molecule has 0 radical (unpaired) electrons. The van der Waals surface area contributed by atoms with E-state index in [0.29, 0.717) is 4.99 Å². The summed E-state index contributed by atoms with van der Waals surface area (Å²) in [6.07, 6.45) is 1.78. The van der Waals surface area contributed by atoms with Gasteiger partial charge >= 0.3 is 5.97 Å². The van der Waals surface area contributed by atoms with Crippen LogP contribution in [0, 0.1) is 0 Å². The molecule has 96 valence electrons. The molecule has 4 nitrogen and oxygen atoms in total. The van der Waals surface area contributed by atoms with Crippen molar-refractivity contribution >= 4 is 34.9 Å². The number of aliphatic carboxylic acids is 1. The van der Waals surface area contributed by atoms with Crippen molar-refractivity contribution in [2.75, 3.05) is 0 Å². The van der Waals surface area contributed by atoms with Crippen LogP contribution in [0.1, 0.15) is 33.6 Å². The second kappa shape index (κ2) is 3.83. The lowest BCUT2D eigenvalue weighted by molar-refractivity contribution is -0.143. The van der Waals surface area contributed by atoms with Crippen molar-refractivity contribution < 1.29 is 9.90 Å². The van der Waals surface area contributed by atoms with Crippen molar-refractivity contribution in [2.24, 2.45) is 5.73 Å². The molecule has 2 aliphatic rings. The van der Waals surface area contributed by atoms with E-state index in [-0.39, 0.29) is 10.1 Å². The van der Waals surface area contributed by atoms with Crippen molar-refractivity contribution in [2.45, 2.75) is 55.3 Å². The maximum Gasteiger partial charge on any atom is 0.327 e. The summed E-state index contributed by atoms with van der Waals surface area (Å²) in [4.78, 5) is 13.8. The van der Waals surface area contributed by atoms with Crippen LogP contribution in [0.3, 0.4) is 0 Å². The van der Waals surface area contributed by atoms with Gasteiger partial charge in [0, 0.05) is 4.75 Å². The Balaban J connectivity index is 2.31. The van der Waals surface area contributed by atoms with Crippen molar-refractivity contribution in [1.29, 1.82) is 0 Å². The van der Waals surface area contributed by atoms with E-state index in [4.69, 9.17) is 18.0 Å². The number of thioether (sulfide) groups is 1. The average Bonchev–Trinajstić information content (AvgIpc) is 2.48. The van der Waals surface area contributed by atoms with E-state index in [1.165, 1.54) is 0 Å². The van der Waals surface area contributed by atoms with E-state index >= 15 is 0 Å². The summed E-state index contributed by atoms with van der Waals surface area (Å²) < 4.78 is -0.352. The normalized spacial score (nSPS) is 38.8. The molecule has 2 fully saturated rings. The molecule has 0 spiro atoms. The molecule has 0 aromatic rings. The first-order valence-electron chi connectivity index (χ1n) is 5.78. The molecule has 0 saturated carbocycles. The first-order chi connectivity index (χ1) is 7.75. The van der Waals surface area contributed by atoms with Crippen LogP contribution in [-0.4, -0.2) is 42.7 Å². The smallest absolute Gasteiger partial charge is 0.327 e. The SMILES string of the molecule is CCCC1(N)C(=S)N2[C@@H](C(=O)O)C(C)(C)S[C@@H]21. The number of carbonyl (C=O) groups is 1. The molecule has 0 aliphatic carbocycles. The second-order valence-corrected chi connectivity index (χ2v) is 7.44. The van der Waals surface area contributed by atoms with Crippen molar-refractivity contribution in [1.82, 2.24) is 4.90 Å². The maximum absolute atomic E-state index is 11.4. The minimum absolute atomic E-state index is 0.0195. The molecule has 0 aromatic heterocycles. The highest BCUT2D eigenvalue weighted by Crippen LogP contribution is 2.55. The Morgan fingerprint density at radius 3 is 2.71 bits per heavy atom. The molecule has 1 unspecified atom stereocenters. The van der Waals surface area contributed by atoms with Crippen molar-refractivity contribution in [3.8, 4) is 0 Å². The molecule has 0 amide bonds. The highest BCUT2D eigenvalue weighted by atomic mass is 32.2. The fraction of sp³-hybridized carbons (Fsp3) is 0.818. The van der Waals surface area contributed by atoms with E-state index in [1.807, 2.05) is 18.7 Å². The predicted octanol–water partition coefficient (Wildman–Crippen LogP) is 1.43. The lowest BCUT2D eigenvalue weighted by Gasteiger charge is -2.54. The summed E-state index contributed by atoms with van der Waals surface area (Å²) in [6.45, 7) is 5.97. The summed E-state index contributed by atoms with van der Waals surface area (Å²) >= 11 is 6.98. The van der Waals surface area contributed by atoms with E-state index in [1.54, 1.807) is 11.8 Å². The molecule has 0 bridgehead atoms. The lowest BCUT2D eigenvalue weighted by Crippen LogP contribution is -2.76. The molecule has 6 heteroatoms. The molecule has 0 aromatic carbocycles. The molecule has 3 N–H and O–H groups in total. The number of hydrogen-bond donors (Lipinski definition) is 2. The Kier molecular flexibility index (Phi) is 2.95. The Hall–Kier alpha value is -0.330. The summed E-state index contributed by atoms with van der Waals surface area (Å²) in [5, 5.41) is 9.35. The summed E-state index contributed by atoms with van der Waals surface area (Å²) in [7, 11) is 0. The van der Waals surface area contributed by atoms with Crippen LogP contribution in [0.25, 0.3) is 0 Å². The third kappa shape index (κ3) is 1.61. The van der Waals surface area contributed by atoms with Gasteiger partial charge in [0.1, 0.15) is 16.4 Å². The van der Waals surface area contributed by atoms with Crippen molar-refractivity contribution in [3.63, 3.8) is 0 Å². The van der Waals surface area contributed by atoms with Crippen LogP contribution < -0.4 is 5.73 Å². The Bertz CT molecular complexity index is 386. The van der Waals surface area contributed by atoms with Gasteiger partial charge in [0.25, 0.3) is 0 Å². The quantitative estimate of drug-likeness (QED) is 0.759. The molecule has 2 saturated heterocycles. The number of rotatable bonds is 3. The van der Waals surface area contributed by atoms with Gasteiger partial charge in [0.15, 0.2) is 0 Å². The zero-order valence-electron chi connectivity index (χ0n) is 10.3. The third-order valence-electron chi connectivity index (χ3n) is 3.58. The fourth-order valence-corrected chi connectivity index (χ4v) is 5.06. The van der Waals surface area contributed by atoms with Gasteiger partial charge in [0.05, 0.1) is 5.54 Å². The van der Waals surface area contributed by atoms with E-state index < -0.39 is 17.6 Å². The van der Waals surface area contributed by atoms with Crippen molar-refractivity contribution in [3.05, 3.63) is 0 Å². The van der Waals surface area contributed by atoms with Gasteiger partial charge < -0.3 is 15.7 Å². The maximum atomic E-state index is 11.4. The van der Waals surface area contributed by atoms with Crippen LogP contribution in [0.5, 0.6) is 0 Å². The highest BCUT2D eigenvalue weighted by molar-refractivity contribution is 8.02. The lowest BCUT2D eigenvalue weighted by atomic mass is 9.83. The summed E-state index contributed by atoms with van der Waals surface area (Å²) in [6, 6.07) is -0.557. The third-order valence-corrected chi connectivity index (χ3v) is 5.87. The van der Waals surface area contributed by atoms with Gasteiger partial charge in [-0.1, -0.05) is 25.6 Å². The Morgan fingerprint density at radius 1 is 1.65 bits per heavy atom. The Morgan fingerprint density at radius 2 is 2.24 bits per heavy atom. The molecular weight excluding hydrogens is 256 g/mol. The number of nitrogens with two attached hydrogens (primary N) is 1. The first-order valence-corrected chi connectivity index (χ1v) is 7.06. The van der Waals surface area contributed by atoms with Gasteiger partial charge in [-0.25, -0.2) is 4.79 Å². The van der Waals surface area contributed by atoms with Crippen LogP contribution >= 0.6 is 24.0 Å². The standard InChI is InChI=1S/C11H18N2O2S2/c1-4-5-11(12)8(16)13-6(7(14)15)10(2,3)17-9(11)13/h6,9H,4-5,12H2,1-3H3,(H,14,15)/t6-,9+,11?/m0/s1. The van der Waals surface area contributed by atoms with Crippen LogP contribution in [0.4, 0.5) is 0 Å². The number of carboxylic acids is 1. The molecule has 3 atom stereocenters. The van der Waals surface area contributed by atoms with E-state index in [0.717, 1.165) is 12.8 Å². The summed E-state index contributed by atoms with van der Waals surface area (Å²) in [5.74, 6) is -0.814. The van der Waals surface area contributed by atoms with Gasteiger partial charge in [-0.05, 0) is 20.3 Å². The molecule has 2 aliphatic heterocycles. The number of fused-ring (bicyclic) bond motifs is 1. The molecule has 17 heavy (non-hydrogen) atoms. The number of nitrogens with zero attached hydrogens (tertiary/aromatic N) is 1. The number of thiocarbonyl (C=S) groups is 1. The first kappa shape index (κ1) is 13.1. The molecule has 2 rings (SSSR count). The molecule has 2 heterocycles. The zero-order valence-corrected chi connectivity index (χ0v) is 11.9. The van der Waals surface area contributed by atoms with Gasteiger partial charge in [-0.3, -0.25) is 0 Å². The summed E-state index contributed by atoms with van der Waals surface area (Å²) in [5.41, 5.74) is 5.84. The second-order valence-electron chi connectivity index (χ2n) is 5.32. The van der Waals surface area contributed by atoms with Crippen LogP contribution in [0.2, 0.25) is 0 Å². The van der Waals surface area contributed by atoms with Gasteiger partial charge in [-0.2, -0.15) is 0 Å². The van der Waals surface area contributed by atoms with Crippen LogP contribution in [0.15, 0.2) is 0 Å². The number of hydrogen-bond acceptors (Lipinski definition) is 4. The van der Waals surface area contributed by atoms with Gasteiger partial charge in [-0.15, -0.1) is 11.8 Å². The Labute approximate surface area is 111 Å². The number of carboxylic acid groups (broad SMARTS) is 1. The topological polar surface area (TPSA) is 66.6 Å². The minimum Gasteiger partial charge on any atom is -0.480 e. The highest BCUT2D eigenvalue weighted by Gasteiger charge is 2.66. The predicted molar refractivity (Wildman–Crippen MR) is 73.1 cm³/mol. The van der Waals surface area contributed by atoms with E-state index in [2.05, 4.69) is 6.92 Å². The minimum atomic E-state index is -0.814. The largest absolute Gasteiger partial charge is 0.480 e. The van der Waals surface area contributed by atoms with Crippen LogP contribution in [-0.2, 0) is 4.79 Å². The zero-order chi connectivity index (χ0) is 13.0. The van der Waals surface area contributed by atoms with E-state index in [9.17, 15) is 9.90 Å². The monoisotopic (exact) mass is 274 g/mol.